The summed E-state index contributed by atoms with van der Waals surface area (Å²) in [7, 11) is 0. The van der Waals surface area contributed by atoms with Crippen LogP contribution in [0.5, 0.6) is 0 Å². The highest BCUT2D eigenvalue weighted by molar-refractivity contribution is 5.81. The fraction of sp³-hybridized carbons (Fsp3) is 0.692. The molecule has 0 N–H and O–H groups in total. The normalized spacial score (nSPS) is 46.5. The molecule has 4 heteroatoms. The van der Waals surface area contributed by atoms with Gasteiger partial charge >= 0.3 is 11.9 Å². The van der Waals surface area contributed by atoms with E-state index in [4.69, 9.17) is 9.47 Å². The van der Waals surface area contributed by atoms with Gasteiger partial charge < -0.3 is 9.47 Å². The van der Waals surface area contributed by atoms with E-state index >= 15 is 0 Å². The summed E-state index contributed by atoms with van der Waals surface area (Å²) in [4.78, 5) is 22.8. The van der Waals surface area contributed by atoms with Crippen LogP contribution in [0.15, 0.2) is 12.7 Å². The monoisotopic (exact) mass is 236 g/mol. The molecule has 3 aliphatic rings. The molecule has 0 aromatic heterocycles. The Labute approximate surface area is 100.0 Å². The molecule has 2 saturated carbocycles. The van der Waals surface area contributed by atoms with Crippen molar-refractivity contribution in [2.75, 3.05) is 0 Å². The summed E-state index contributed by atoms with van der Waals surface area (Å²) in [5.74, 6) is 1.01. The maximum absolute atomic E-state index is 11.5. The van der Waals surface area contributed by atoms with Crippen molar-refractivity contribution in [2.45, 2.75) is 32.0 Å². The van der Waals surface area contributed by atoms with Crippen molar-refractivity contribution < 1.29 is 19.1 Å². The van der Waals surface area contributed by atoms with Crippen molar-refractivity contribution >= 4 is 11.9 Å². The van der Waals surface area contributed by atoms with Gasteiger partial charge in [-0.2, -0.15) is 0 Å². The first kappa shape index (κ1) is 10.8. The highest BCUT2D eigenvalue weighted by Crippen LogP contribution is 2.57. The third-order valence-corrected chi connectivity index (χ3v) is 4.70. The van der Waals surface area contributed by atoms with E-state index in [0.717, 1.165) is 6.42 Å². The second-order valence-electron chi connectivity index (χ2n) is 5.35. The van der Waals surface area contributed by atoms with Crippen LogP contribution >= 0.6 is 0 Å². The standard InChI is InChI=1S/C13H16O4/c1-3-10(14)16-12-8-4-9-7(6(8)2)5-11(15)17-13(9)12/h3,6-9,12-13H,1,4-5H2,2H3. The molecule has 1 saturated heterocycles. The Bertz CT molecular complexity index is 389. The maximum atomic E-state index is 11.5. The first-order valence-corrected chi connectivity index (χ1v) is 6.14. The number of hydrogen-bond acceptors (Lipinski definition) is 4. The molecule has 0 aromatic rings. The van der Waals surface area contributed by atoms with E-state index in [1.165, 1.54) is 6.08 Å². The molecule has 0 aromatic carbocycles. The van der Waals surface area contributed by atoms with Gasteiger partial charge in [0.1, 0.15) is 12.2 Å². The molecule has 4 nitrogen and oxygen atoms in total. The minimum absolute atomic E-state index is 0.150. The largest absolute Gasteiger partial charge is 0.458 e. The summed E-state index contributed by atoms with van der Waals surface area (Å²) >= 11 is 0. The zero-order valence-corrected chi connectivity index (χ0v) is 9.80. The lowest BCUT2D eigenvalue weighted by atomic mass is 9.74. The molecule has 0 amide bonds. The number of carbonyl (C=O) groups excluding carboxylic acids is 2. The molecule has 3 fully saturated rings. The topological polar surface area (TPSA) is 52.6 Å². The lowest BCUT2D eigenvalue weighted by molar-refractivity contribution is -0.186. The van der Waals surface area contributed by atoms with Gasteiger partial charge in [0.15, 0.2) is 0 Å². The van der Waals surface area contributed by atoms with Crippen LogP contribution in [-0.4, -0.2) is 24.1 Å². The maximum Gasteiger partial charge on any atom is 0.330 e. The van der Waals surface area contributed by atoms with Crippen molar-refractivity contribution in [1.82, 2.24) is 0 Å². The molecule has 6 atom stereocenters. The van der Waals surface area contributed by atoms with E-state index < -0.39 is 5.97 Å². The van der Waals surface area contributed by atoms with E-state index in [9.17, 15) is 9.59 Å². The van der Waals surface area contributed by atoms with Crippen LogP contribution in [-0.2, 0) is 19.1 Å². The van der Waals surface area contributed by atoms with E-state index in [0.29, 0.717) is 30.1 Å². The van der Waals surface area contributed by atoms with Gasteiger partial charge in [0.05, 0.1) is 0 Å². The molecule has 2 aliphatic carbocycles. The number of fused-ring (bicyclic) bond motifs is 1. The van der Waals surface area contributed by atoms with Crippen LogP contribution in [0.1, 0.15) is 19.8 Å². The summed E-state index contributed by atoms with van der Waals surface area (Å²) < 4.78 is 10.7. The number of hydrogen-bond donors (Lipinski definition) is 0. The Balaban J connectivity index is 1.84. The summed E-state index contributed by atoms with van der Waals surface area (Å²) in [5.41, 5.74) is 0. The summed E-state index contributed by atoms with van der Waals surface area (Å²) in [5, 5.41) is 0. The van der Waals surface area contributed by atoms with Crippen LogP contribution < -0.4 is 0 Å². The second-order valence-corrected chi connectivity index (χ2v) is 5.35. The fourth-order valence-electron chi connectivity index (χ4n) is 3.93. The molecular formula is C13H16O4. The zero-order valence-electron chi connectivity index (χ0n) is 9.80. The van der Waals surface area contributed by atoms with Gasteiger partial charge in [0.25, 0.3) is 0 Å². The number of esters is 2. The number of rotatable bonds is 2. The molecule has 2 bridgehead atoms. The molecule has 6 unspecified atom stereocenters. The van der Waals surface area contributed by atoms with Gasteiger partial charge in [-0.1, -0.05) is 13.5 Å². The SMILES string of the molecule is C=CC(=O)OC1C2CC3C(CC(=O)OC31)C2C. The number of ether oxygens (including phenoxy) is 2. The van der Waals surface area contributed by atoms with E-state index in [2.05, 4.69) is 13.5 Å². The lowest BCUT2D eigenvalue weighted by Gasteiger charge is -2.41. The first-order chi connectivity index (χ1) is 8.11. The Kier molecular flexibility index (Phi) is 2.28. The highest BCUT2D eigenvalue weighted by atomic mass is 16.6. The molecule has 1 heterocycles. The van der Waals surface area contributed by atoms with Crippen LogP contribution in [0.2, 0.25) is 0 Å². The quantitative estimate of drug-likeness (QED) is 0.535. The lowest BCUT2D eigenvalue weighted by Crippen LogP contribution is -2.49. The first-order valence-electron chi connectivity index (χ1n) is 6.14. The van der Waals surface area contributed by atoms with Crippen LogP contribution in [0.25, 0.3) is 0 Å². The molecule has 0 radical (unpaired) electrons. The van der Waals surface area contributed by atoms with Gasteiger partial charge in [-0.05, 0) is 18.3 Å². The third-order valence-electron chi connectivity index (χ3n) is 4.70. The Hall–Kier alpha value is -1.32. The van der Waals surface area contributed by atoms with Crippen LogP contribution in [0, 0.1) is 23.7 Å². The van der Waals surface area contributed by atoms with Crippen molar-refractivity contribution in [1.29, 1.82) is 0 Å². The Morgan fingerprint density at radius 1 is 1.47 bits per heavy atom. The molecule has 92 valence electrons. The van der Waals surface area contributed by atoms with E-state index in [1.54, 1.807) is 0 Å². The van der Waals surface area contributed by atoms with Gasteiger partial charge in [-0.25, -0.2) is 4.79 Å². The second kappa shape index (κ2) is 3.59. The van der Waals surface area contributed by atoms with Gasteiger partial charge in [0, 0.05) is 24.3 Å². The van der Waals surface area contributed by atoms with Crippen LogP contribution in [0.3, 0.4) is 0 Å². The smallest absolute Gasteiger partial charge is 0.330 e. The van der Waals surface area contributed by atoms with E-state index in [1.807, 2.05) is 0 Å². The molecule has 3 rings (SSSR count). The average Bonchev–Trinajstić information content (AvgIpc) is 2.80. The van der Waals surface area contributed by atoms with Crippen LogP contribution in [0.4, 0.5) is 0 Å². The summed E-state index contributed by atoms with van der Waals surface area (Å²) in [6.45, 7) is 5.55. The predicted octanol–water partition coefficient (Wildman–Crippen LogP) is 1.30. The van der Waals surface area contributed by atoms with Gasteiger partial charge in [-0.3, -0.25) is 4.79 Å². The Morgan fingerprint density at radius 3 is 2.94 bits per heavy atom. The molecule has 1 aliphatic heterocycles. The van der Waals surface area contributed by atoms with Crippen molar-refractivity contribution in [3.63, 3.8) is 0 Å². The summed E-state index contributed by atoms with van der Waals surface area (Å²) in [6.07, 6.45) is 2.23. The highest BCUT2D eigenvalue weighted by Gasteiger charge is 2.62. The molecular weight excluding hydrogens is 220 g/mol. The minimum Gasteiger partial charge on any atom is -0.458 e. The molecule has 17 heavy (non-hydrogen) atoms. The average molecular weight is 236 g/mol. The zero-order chi connectivity index (χ0) is 12.2. The van der Waals surface area contributed by atoms with Crippen molar-refractivity contribution in [2.24, 2.45) is 23.7 Å². The van der Waals surface area contributed by atoms with Gasteiger partial charge in [0.2, 0.25) is 0 Å². The molecule has 0 spiro atoms. The van der Waals surface area contributed by atoms with Gasteiger partial charge in [-0.15, -0.1) is 0 Å². The van der Waals surface area contributed by atoms with Crippen molar-refractivity contribution in [3.8, 4) is 0 Å². The Morgan fingerprint density at radius 2 is 2.24 bits per heavy atom. The number of carbonyl (C=O) groups is 2. The minimum atomic E-state index is -0.423. The summed E-state index contributed by atoms with van der Waals surface area (Å²) in [6, 6.07) is 0. The fourth-order valence-corrected chi connectivity index (χ4v) is 3.93. The van der Waals surface area contributed by atoms with E-state index in [-0.39, 0.29) is 18.2 Å². The predicted molar refractivity (Wildman–Crippen MR) is 58.8 cm³/mol. The third kappa shape index (κ3) is 1.43. The van der Waals surface area contributed by atoms with Crippen molar-refractivity contribution in [3.05, 3.63) is 12.7 Å².